The number of rotatable bonds is 2. The molecular weight excluding hydrogens is 366 g/mol. The van der Waals surface area contributed by atoms with Crippen molar-refractivity contribution < 1.29 is 19.1 Å². The first-order valence-corrected chi connectivity index (χ1v) is 9.85. The number of hydrogen-bond donors (Lipinski definition) is 1. The summed E-state index contributed by atoms with van der Waals surface area (Å²) in [7, 11) is 0. The van der Waals surface area contributed by atoms with Gasteiger partial charge in [-0.25, -0.2) is 9.69 Å². The molecule has 1 aromatic heterocycles. The van der Waals surface area contributed by atoms with Crippen LogP contribution in [0, 0.1) is 0 Å². The maximum Gasteiger partial charge on any atom is 0.417 e. The number of amides is 3. The zero-order chi connectivity index (χ0) is 19.2. The number of piperidine rings is 1. The summed E-state index contributed by atoms with van der Waals surface area (Å²) in [4.78, 5) is 40.2. The first-order valence-electron chi connectivity index (χ1n) is 9.04. The van der Waals surface area contributed by atoms with E-state index < -0.39 is 11.7 Å². The lowest BCUT2D eigenvalue weighted by Gasteiger charge is -2.44. The molecule has 1 spiro atoms. The Balaban J connectivity index is 1.51. The van der Waals surface area contributed by atoms with E-state index in [-0.39, 0.29) is 18.2 Å². The normalized spacial score (nSPS) is 19.6. The zero-order valence-electron chi connectivity index (χ0n) is 15.1. The number of hydrogen-bond acceptors (Lipinski definition) is 6. The predicted octanol–water partition coefficient (Wildman–Crippen LogP) is 2.85. The molecule has 4 rings (SSSR count). The SMILES string of the molecule is CCN1C(=O)CC2(CCN(C(=O)c3c(N)sc4ccccc34)CC2)OC1=O. The van der Waals surface area contributed by atoms with E-state index >= 15 is 0 Å². The molecule has 3 heterocycles. The van der Waals surface area contributed by atoms with E-state index in [4.69, 9.17) is 10.5 Å². The third kappa shape index (κ3) is 2.93. The molecule has 27 heavy (non-hydrogen) atoms. The molecular formula is C19H21N3O4S. The van der Waals surface area contributed by atoms with E-state index in [1.807, 2.05) is 24.3 Å². The first-order chi connectivity index (χ1) is 12.9. The summed E-state index contributed by atoms with van der Waals surface area (Å²) in [5.41, 5.74) is 5.86. The van der Waals surface area contributed by atoms with Gasteiger partial charge in [-0.3, -0.25) is 9.59 Å². The monoisotopic (exact) mass is 387 g/mol. The fourth-order valence-corrected chi connectivity index (χ4v) is 4.86. The van der Waals surface area contributed by atoms with Crippen molar-refractivity contribution in [2.45, 2.75) is 31.8 Å². The van der Waals surface area contributed by atoms with Gasteiger partial charge >= 0.3 is 6.09 Å². The van der Waals surface area contributed by atoms with Crippen molar-refractivity contribution in [2.24, 2.45) is 0 Å². The number of nitrogens with zero attached hydrogens (tertiary/aromatic N) is 2. The van der Waals surface area contributed by atoms with Crippen molar-refractivity contribution in [3.63, 3.8) is 0 Å². The van der Waals surface area contributed by atoms with Gasteiger partial charge < -0.3 is 15.4 Å². The molecule has 8 heteroatoms. The van der Waals surface area contributed by atoms with Crippen LogP contribution in [-0.4, -0.2) is 52.9 Å². The highest BCUT2D eigenvalue weighted by Gasteiger charge is 2.47. The third-order valence-electron chi connectivity index (χ3n) is 5.41. The minimum atomic E-state index is -0.793. The summed E-state index contributed by atoms with van der Waals surface area (Å²) in [6.07, 6.45) is 0.505. The number of fused-ring (bicyclic) bond motifs is 1. The van der Waals surface area contributed by atoms with Gasteiger partial charge in [-0.1, -0.05) is 18.2 Å². The maximum absolute atomic E-state index is 13.1. The number of ether oxygens (including phenoxy) is 1. The molecule has 0 bridgehead atoms. The largest absolute Gasteiger partial charge is 0.442 e. The average Bonchev–Trinajstić information content (AvgIpc) is 2.97. The van der Waals surface area contributed by atoms with Gasteiger partial charge in [0.2, 0.25) is 5.91 Å². The van der Waals surface area contributed by atoms with Gasteiger partial charge in [0.15, 0.2) is 0 Å². The molecule has 2 N–H and O–H groups in total. The number of nitrogens with two attached hydrogens (primary N) is 1. The van der Waals surface area contributed by atoms with E-state index in [0.29, 0.717) is 43.0 Å². The third-order valence-corrected chi connectivity index (χ3v) is 6.41. The van der Waals surface area contributed by atoms with Crippen LogP contribution in [0.3, 0.4) is 0 Å². The van der Waals surface area contributed by atoms with Gasteiger partial charge in [-0.15, -0.1) is 11.3 Å². The van der Waals surface area contributed by atoms with Crippen molar-refractivity contribution in [3.8, 4) is 0 Å². The Hall–Kier alpha value is -2.61. The molecule has 0 unspecified atom stereocenters. The number of carbonyl (C=O) groups is 3. The molecule has 2 aromatic rings. The number of anilines is 1. The quantitative estimate of drug-likeness (QED) is 0.855. The van der Waals surface area contributed by atoms with Crippen LogP contribution < -0.4 is 5.73 Å². The molecule has 0 atom stereocenters. The number of nitrogen functional groups attached to an aromatic ring is 1. The molecule has 142 valence electrons. The highest BCUT2D eigenvalue weighted by molar-refractivity contribution is 7.23. The first kappa shape index (κ1) is 17.8. The topological polar surface area (TPSA) is 92.9 Å². The minimum absolute atomic E-state index is 0.108. The van der Waals surface area contributed by atoms with Crippen LogP contribution >= 0.6 is 11.3 Å². The highest BCUT2D eigenvalue weighted by atomic mass is 32.1. The second kappa shape index (κ2) is 6.53. The molecule has 7 nitrogen and oxygen atoms in total. The molecule has 2 aliphatic rings. The Kier molecular flexibility index (Phi) is 4.30. The van der Waals surface area contributed by atoms with E-state index in [1.165, 1.54) is 11.3 Å². The fourth-order valence-electron chi connectivity index (χ4n) is 3.89. The molecule has 2 aliphatic heterocycles. The lowest BCUT2D eigenvalue weighted by molar-refractivity contribution is -0.147. The number of benzene rings is 1. The van der Waals surface area contributed by atoms with Crippen LogP contribution in [-0.2, 0) is 9.53 Å². The number of carbonyl (C=O) groups excluding carboxylic acids is 3. The lowest BCUT2D eigenvalue weighted by Crippen LogP contribution is -2.57. The summed E-state index contributed by atoms with van der Waals surface area (Å²) in [5, 5.41) is 1.38. The van der Waals surface area contributed by atoms with Crippen molar-refractivity contribution in [2.75, 3.05) is 25.4 Å². The molecule has 2 fully saturated rings. The predicted molar refractivity (Wildman–Crippen MR) is 103 cm³/mol. The van der Waals surface area contributed by atoms with Crippen molar-refractivity contribution >= 4 is 44.3 Å². The number of imide groups is 1. The second-order valence-electron chi connectivity index (χ2n) is 7.00. The average molecular weight is 387 g/mol. The summed E-state index contributed by atoms with van der Waals surface area (Å²) < 4.78 is 6.59. The van der Waals surface area contributed by atoms with Gasteiger partial charge in [0.05, 0.1) is 17.0 Å². The van der Waals surface area contributed by atoms with Crippen LogP contribution in [0.4, 0.5) is 9.80 Å². The molecule has 0 aliphatic carbocycles. The summed E-state index contributed by atoms with van der Waals surface area (Å²) >= 11 is 1.41. The second-order valence-corrected chi connectivity index (χ2v) is 8.08. The van der Waals surface area contributed by atoms with E-state index in [1.54, 1.807) is 11.8 Å². The Morgan fingerprint density at radius 3 is 2.63 bits per heavy atom. The Bertz CT molecular complexity index is 910. The molecule has 3 amide bonds. The van der Waals surface area contributed by atoms with Gasteiger partial charge in [-0.2, -0.15) is 0 Å². The summed E-state index contributed by atoms with van der Waals surface area (Å²) in [6.45, 7) is 2.90. The minimum Gasteiger partial charge on any atom is -0.442 e. The molecule has 2 saturated heterocycles. The highest BCUT2D eigenvalue weighted by Crippen LogP contribution is 2.38. The van der Waals surface area contributed by atoms with Gasteiger partial charge in [0.1, 0.15) is 5.60 Å². The summed E-state index contributed by atoms with van der Waals surface area (Å²) in [5.74, 6) is -0.315. The Morgan fingerprint density at radius 2 is 1.96 bits per heavy atom. The van der Waals surface area contributed by atoms with E-state index in [0.717, 1.165) is 15.0 Å². The van der Waals surface area contributed by atoms with Crippen LogP contribution in [0.2, 0.25) is 0 Å². The Labute approximate surface area is 160 Å². The molecule has 0 radical (unpaired) electrons. The smallest absolute Gasteiger partial charge is 0.417 e. The molecule has 0 saturated carbocycles. The van der Waals surface area contributed by atoms with Crippen LogP contribution in [0.15, 0.2) is 24.3 Å². The van der Waals surface area contributed by atoms with Crippen molar-refractivity contribution in [1.29, 1.82) is 0 Å². The summed E-state index contributed by atoms with van der Waals surface area (Å²) in [6, 6.07) is 7.67. The van der Waals surface area contributed by atoms with Crippen LogP contribution in [0.5, 0.6) is 0 Å². The van der Waals surface area contributed by atoms with Gasteiger partial charge in [0, 0.05) is 42.6 Å². The zero-order valence-corrected chi connectivity index (χ0v) is 15.9. The number of likely N-dealkylation sites (tertiary alicyclic amines) is 1. The lowest BCUT2D eigenvalue weighted by atomic mass is 9.86. The molecule has 1 aromatic carbocycles. The van der Waals surface area contributed by atoms with Gasteiger partial charge in [-0.05, 0) is 13.0 Å². The number of thiophene rings is 1. The van der Waals surface area contributed by atoms with Gasteiger partial charge in [0.25, 0.3) is 5.91 Å². The van der Waals surface area contributed by atoms with E-state index in [9.17, 15) is 14.4 Å². The van der Waals surface area contributed by atoms with Crippen LogP contribution in [0.1, 0.15) is 36.5 Å². The maximum atomic E-state index is 13.1. The Morgan fingerprint density at radius 1 is 1.26 bits per heavy atom. The van der Waals surface area contributed by atoms with E-state index in [2.05, 4.69) is 0 Å². The van der Waals surface area contributed by atoms with Crippen molar-refractivity contribution in [1.82, 2.24) is 9.80 Å². The van der Waals surface area contributed by atoms with Crippen molar-refractivity contribution in [3.05, 3.63) is 29.8 Å². The standard InChI is InChI=1S/C19H21N3O4S/c1-2-22-14(23)11-19(26-18(22)25)7-9-21(10-8-19)17(24)15-12-5-3-4-6-13(12)27-16(15)20/h3-6H,2,7-11,20H2,1H3. The van der Waals surface area contributed by atoms with Crippen LogP contribution in [0.25, 0.3) is 10.1 Å². The fraction of sp³-hybridized carbons (Fsp3) is 0.421.